The van der Waals surface area contributed by atoms with Gasteiger partial charge in [-0.15, -0.1) is 0 Å². The molecule has 4 nitrogen and oxygen atoms in total. The monoisotopic (exact) mass is 224 g/mol. The van der Waals surface area contributed by atoms with E-state index in [4.69, 9.17) is 11.6 Å². The normalized spacial score (nSPS) is 8.93. The van der Waals surface area contributed by atoms with Gasteiger partial charge in [0.2, 0.25) is 5.82 Å². The number of nitro groups is 1. The zero-order valence-electron chi connectivity index (χ0n) is 7.42. The standard InChI is InChI=1S/C5HClF2N2O2.C2H6/c6-3-2(7)1-9-5(4(3)8)10(11)12;1-2/h1H;1-2H3. The maximum Gasteiger partial charge on any atom is 0.401 e. The topological polar surface area (TPSA) is 56.0 Å². The van der Waals surface area contributed by atoms with Gasteiger partial charge in [-0.25, -0.2) is 4.39 Å². The third kappa shape index (κ3) is 2.59. The third-order valence-electron chi connectivity index (χ3n) is 1.07. The largest absolute Gasteiger partial charge is 0.401 e. The molecule has 0 radical (unpaired) electrons. The minimum atomic E-state index is -1.46. The maximum absolute atomic E-state index is 12.6. The molecule has 1 aromatic heterocycles. The van der Waals surface area contributed by atoms with Gasteiger partial charge in [0, 0.05) is 0 Å². The highest BCUT2D eigenvalue weighted by atomic mass is 35.5. The fraction of sp³-hybridized carbons (Fsp3) is 0.286. The van der Waals surface area contributed by atoms with E-state index >= 15 is 0 Å². The van der Waals surface area contributed by atoms with Crippen LogP contribution >= 0.6 is 11.6 Å². The third-order valence-corrected chi connectivity index (χ3v) is 1.42. The van der Waals surface area contributed by atoms with Crippen LogP contribution in [0, 0.1) is 21.7 Å². The van der Waals surface area contributed by atoms with Crippen molar-refractivity contribution in [1.82, 2.24) is 4.98 Å². The number of rotatable bonds is 1. The van der Waals surface area contributed by atoms with Crippen molar-refractivity contribution in [3.8, 4) is 0 Å². The highest BCUT2D eigenvalue weighted by molar-refractivity contribution is 6.31. The molecule has 0 saturated carbocycles. The average Bonchev–Trinajstić information content (AvgIpc) is 2.17. The Morgan fingerprint density at radius 2 is 2.00 bits per heavy atom. The van der Waals surface area contributed by atoms with Crippen molar-refractivity contribution >= 4 is 17.4 Å². The first-order valence-electron chi connectivity index (χ1n) is 3.68. The molecule has 0 atom stereocenters. The van der Waals surface area contributed by atoms with Crippen LogP contribution in [0.2, 0.25) is 5.02 Å². The van der Waals surface area contributed by atoms with Crippen LogP contribution in [0.15, 0.2) is 6.20 Å². The Morgan fingerprint density at radius 1 is 1.50 bits per heavy atom. The molecule has 0 aliphatic carbocycles. The number of aromatic nitrogens is 1. The maximum atomic E-state index is 12.6. The molecule has 78 valence electrons. The lowest BCUT2D eigenvalue weighted by molar-refractivity contribution is -0.392. The zero-order chi connectivity index (χ0) is 11.3. The minimum absolute atomic E-state index is 0.490. The van der Waals surface area contributed by atoms with Crippen LogP contribution in [0.4, 0.5) is 14.6 Å². The van der Waals surface area contributed by atoms with Crippen LogP contribution in [-0.4, -0.2) is 9.91 Å². The van der Waals surface area contributed by atoms with E-state index in [0.29, 0.717) is 6.20 Å². The lowest BCUT2D eigenvalue weighted by Gasteiger charge is -1.95. The molecule has 0 unspecified atom stereocenters. The molecule has 0 N–H and O–H groups in total. The molecule has 0 saturated heterocycles. The molecular formula is C7H7ClF2N2O2. The fourth-order valence-electron chi connectivity index (χ4n) is 0.561. The molecule has 0 aromatic carbocycles. The van der Waals surface area contributed by atoms with Gasteiger partial charge in [0.25, 0.3) is 0 Å². The second-order valence-electron chi connectivity index (χ2n) is 1.81. The Morgan fingerprint density at radius 3 is 2.43 bits per heavy atom. The van der Waals surface area contributed by atoms with E-state index in [1.165, 1.54) is 0 Å². The highest BCUT2D eigenvalue weighted by Crippen LogP contribution is 2.23. The number of hydrogen-bond acceptors (Lipinski definition) is 3. The summed E-state index contributed by atoms with van der Waals surface area (Å²) in [6.07, 6.45) is 0.490. The predicted octanol–water partition coefficient (Wildman–Crippen LogP) is 2.95. The average molecular weight is 225 g/mol. The van der Waals surface area contributed by atoms with E-state index in [0.717, 1.165) is 0 Å². The van der Waals surface area contributed by atoms with Crippen molar-refractivity contribution < 1.29 is 13.7 Å². The second kappa shape index (κ2) is 5.43. The summed E-state index contributed by atoms with van der Waals surface area (Å²) in [6, 6.07) is 0. The first-order valence-corrected chi connectivity index (χ1v) is 4.05. The minimum Gasteiger partial charge on any atom is -0.358 e. The summed E-state index contributed by atoms with van der Waals surface area (Å²) in [7, 11) is 0. The molecule has 0 bridgehead atoms. The Bertz CT molecular complexity index is 347. The molecule has 1 heterocycles. The van der Waals surface area contributed by atoms with Crippen molar-refractivity contribution in [1.29, 1.82) is 0 Å². The van der Waals surface area contributed by atoms with Gasteiger partial charge < -0.3 is 10.1 Å². The summed E-state index contributed by atoms with van der Waals surface area (Å²) in [5, 5.41) is 9.09. The van der Waals surface area contributed by atoms with E-state index in [9.17, 15) is 18.9 Å². The van der Waals surface area contributed by atoms with Crippen LogP contribution < -0.4 is 0 Å². The molecule has 1 aromatic rings. The van der Waals surface area contributed by atoms with E-state index in [2.05, 4.69) is 4.98 Å². The van der Waals surface area contributed by atoms with Crippen LogP contribution in [0.1, 0.15) is 13.8 Å². The van der Waals surface area contributed by atoms with Crippen LogP contribution in [0.25, 0.3) is 0 Å². The SMILES string of the molecule is CC.O=[N+]([O-])c1ncc(F)c(Cl)c1F. The van der Waals surface area contributed by atoms with Gasteiger partial charge in [0.15, 0.2) is 12.0 Å². The Hall–Kier alpha value is -1.30. The smallest absolute Gasteiger partial charge is 0.358 e. The predicted molar refractivity (Wildman–Crippen MR) is 47.2 cm³/mol. The van der Waals surface area contributed by atoms with Crippen molar-refractivity contribution in [2.75, 3.05) is 0 Å². The second-order valence-corrected chi connectivity index (χ2v) is 2.19. The summed E-state index contributed by atoms with van der Waals surface area (Å²) < 4.78 is 25.0. The van der Waals surface area contributed by atoms with E-state index in [-0.39, 0.29) is 0 Å². The molecule has 1 rings (SSSR count). The first-order chi connectivity index (χ1) is 6.54. The quantitative estimate of drug-likeness (QED) is 0.544. The number of halogens is 3. The van der Waals surface area contributed by atoms with E-state index < -0.39 is 27.4 Å². The summed E-state index contributed by atoms with van der Waals surface area (Å²) in [4.78, 5) is 11.8. The molecule has 0 aliphatic heterocycles. The zero-order valence-corrected chi connectivity index (χ0v) is 8.18. The van der Waals surface area contributed by atoms with Crippen molar-refractivity contribution in [2.24, 2.45) is 0 Å². The van der Waals surface area contributed by atoms with Crippen LogP contribution in [0.3, 0.4) is 0 Å². The summed E-state index contributed by atoms with van der Waals surface area (Å²) in [5.41, 5.74) is 0. The molecule has 7 heteroatoms. The molecule has 0 spiro atoms. The van der Waals surface area contributed by atoms with Gasteiger partial charge in [0.05, 0.1) is 0 Å². The van der Waals surface area contributed by atoms with Gasteiger partial charge in [-0.2, -0.15) is 4.39 Å². The van der Waals surface area contributed by atoms with Crippen LogP contribution in [0.5, 0.6) is 0 Å². The first kappa shape index (κ1) is 12.7. The van der Waals surface area contributed by atoms with Crippen LogP contribution in [-0.2, 0) is 0 Å². The lowest BCUT2D eigenvalue weighted by Crippen LogP contribution is -1.98. The summed E-state index contributed by atoms with van der Waals surface area (Å²) >= 11 is 5.03. The summed E-state index contributed by atoms with van der Waals surface area (Å²) in [6.45, 7) is 4.00. The van der Waals surface area contributed by atoms with Gasteiger partial charge >= 0.3 is 5.82 Å². The van der Waals surface area contributed by atoms with Gasteiger partial charge in [-0.3, -0.25) is 0 Å². The molecular weight excluding hydrogens is 218 g/mol. The number of pyridine rings is 1. The Kier molecular flexibility index (Phi) is 4.93. The highest BCUT2D eigenvalue weighted by Gasteiger charge is 2.22. The van der Waals surface area contributed by atoms with Crippen molar-refractivity contribution in [3.63, 3.8) is 0 Å². The molecule has 0 amide bonds. The molecule has 0 fully saturated rings. The molecule has 14 heavy (non-hydrogen) atoms. The Balaban J connectivity index is 0.000000791. The summed E-state index contributed by atoms with van der Waals surface area (Å²) in [5.74, 6) is -3.66. The van der Waals surface area contributed by atoms with Crippen molar-refractivity contribution in [2.45, 2.75) is 13.8 Å². The Labute approximate surface area is 83.7 Å². The number of nitrogens with zero attached hydrogens (tertiary/aromatic N) is 2. The molecule has 0 aliphatic rings. The van der Waals surface area contributed by atoms with Gasteiger partial charge in [-0.1, -0.05) is 25.4 Å². The number of hydrogen-bond donors (Lipinski definition) is 0. The lowest BCUT2D eigenvalue weighted by atomic mass is 10.4. The van der Waals surface area contributed by atoms with Crippen molar-refractivity contribution in [3.05, 3.63) is 33.0 Å². The fourth-order valence-corrected chi connectivity index (χ4v) is 0.695. The van der Waals surface area contributed by atoms with E-state index in [1.54, 1.807) is 0 Å². The van der Waals surface area contributed by atoms with E-state index in [1.807, 2.05) is 13.8 Å². The van der Waals surface area contributed by atoms with Gasteiger partial charge in [0.1, 0.15) is 5.02 Å². The van der Waals surface area contributed by atoms with Gasteiger partial charge in [-0.05, 0) is 9.91 Å².